The van der Waals surface area contributed by atoms with Crippen LogP contribution in [0.4, 0.5) is 5.95 Å². The largest absolute Gasteiger partial charge is 0.494 e. The van der Waals surface area contributed by atoms with Crippen LogP contribution in [0.2, 0.25) is 0 Å². The molecule has 0 fully saturated rings. The minimum Gasteiger partial charge on any atom is -0.494 e. The van der Waals surface area contributed by atoms with Gasteiger partial charge in [-0.1, -0.05) is 43.8 Å². The lowest BCUT2D eigenvalue weighted by atomic mass is 9.72. The molecular weight excluding hydrogens is 360 g/mol. The number of nitrogens with zero attached hydrogens (tertiary/aromatic N) is 3. The van der Waals surface area contributed by atoms with Gasteiger partial charge in [0.05, 0.1) is 18.6 Å². The first kappa shape index (κ1) is 18.1. The number of Topliss-reactive ketones (excluding diaryl/α,β-unsaturated/α-hetero) is 1. The summed E-state index contributed by atoms with van der Waals surface area (Å²) in [6, 6.07) is 7.74. The Morgan fingerprint density at radius 2 is 2.07 bits per heavy atom. The Morgan fingerprint density at radius 3 is 2.74 bits per heavy atom. The maximum absolute atomic E-state index is 13.1. The van der Waals surface area contributed by atoms with Crippen molar-refractivity contribution < 1.29 is 9.53 Å². The van der Waals surface area contributed by atoms with Crippen molar-refractivity contribution in [1.82, 2.24) is 14.8 Å². The van der Waals surface area contributed by atoms with E-state index >= 15 is 0 Å². The van der Waals surface area contributed by atoms with Gasteiger partial charge in [-0.2, -0.15) is 4.98 Å². The Kier molecular flexibility index (Phi) is 4.50. The van der Waals surface area contributed by atoms with Gasteiger partial charge in [-0.25, -0.2) is 4.68 Å². The van der Waals surface area contributed by atoms with Crippen molar-refractivity contribution in [3.8, 4) is 5.75 Å². The number of carbonyl (C=O) groups is 1. The average Bonchev–Trinajstić information content (AvgIpc) is 3.02. The molecule has 1 aliphatic heterocycles. The molecule has 0 saturated carbocycles. The molecule has 1 N–H and O–H groups in total. The van der Waals surface area contributed by atoms with Crippen molar-refractivity contribution in [3.05, 3.63) is 41.6 Å². The van der Waals surface area contributed by atoms with E-state index in [1.165, 1.54) is 11.8 Å². The second-order valence-electron chi connectivity index (χ2n) is 7.65. The third-order valence-corrected chi connectivity index (χ3v) is 5.56. The van der Waals surface area contributed by atoms with E-state index in [-0.39, 0.29) is 23.2 Å². The summed E-state index contributed by atoms with van der Waals surface area (Å²) in [7, 11) is 0. The fourth-order valence-electron chi connectivity index (χ4n) is 3.96. The number of anilines is 1. The smallest absolute Gasteiger partial charge is 0.227 e. The van der Waals surface area contributed by atoms with E-state index in [2.05, 4.69) is 35.3 Å². The molecule has 2 aromatic rings. The molecule has 0 bridgehead atoms. The maximum Gasteiger partial charge on any atom is 0.227 e. The van der Waals surface area contributed by atoms with E-state index in [4.69, 9.17) is 4.74 Å². The number of hydrogen-bond acceptors (Lipinski definition) is 6. The summed E-state index contributed by atoms with van der Waals surface area (Å²) in [6.07, 6.45) is 4.65. The highest BCUT2D eigenvalue weighted by Crippen LogP contribution is 2.45. The van der Waals surface area contributed by atoms with E-state index < -0.39 is 0 Å². The first-order valence-corrected chi connectivity index (χ1v) is 10.4. The van der Waals surface area contributed by atoms with E-state index in [0.29, 0.717) is 24.1 Å². The summed E-state index contributed by atoms with van der Waals surface area (Å²) in [6.45, 7) is 6.77. The predicted octanol–water partition coefficient (Wildman–Crippen LogP) is 3.91. The molecule has 1 aliphatic carbocycles. The van der Waals surface area contributed by atoms with Crippen molar-refractivity contribution in [3.63, 3.8) is 0 Å². The number of ether oxygens (including phenoxy) is 1. The van der Waals surface area contributed by atoms with Crippen LogP contribution in [0.1, 0.15) is 38.8 Å². The predicted molar refractivity (Wildman–Crippen MR) is 106 cm³/mol. The lowest BCUT2D eigenvalue weighted by molar-refractivity contribution is -0.125. The number of allylic oxidation sites excluding steroid dienone is 2. The number of nitrogens with one attached hydrogen (secondary N) is 1. The van der Waals surface area contributed by atoms with Gasteiger partial charge in [0.2, 0.25) is 11.1 Å². The Morgan fingerprint density at radius 1 is 1.33 bits per heavy atom. The van der Waals surface area contributed by atoms with E-state index in [9.17, 15) is 4.79 Å². The molecule has 4 rings (SSSR count). The SMILES string of the molecule is CCOc1ccc([C@H]2[C@@H]3C(=O)CC(C)(C)C=C3Nc3nc(SC)nn32)cc1. The van der Waals surface area contributed by atoms with Crippen molar-refractivity contribution in [1.29, 1.82) is 0 Å². The molecule has 142 valence electrons. The lowest BCUT2D eigenvalue weighted by Gasteiger charge is -2.40. The number of rotatable bonds is 4. The second kappa shape index (κ2) is 6.71. The molecule has 1 aromatic heterocycles. The highest BCUT2D eigenvalue weighted by Gasteiger charge is 2.45. The molecule has 0 spiro atoms. The van der Waals surface area contributed by atoms with Gasteiger partial charge in [-0.05, 0) is 36.3 Å². The molecule has 1 aromatic carbocycles. The molecule has 7 heteroatoms. The van der Waals surface area contributed by atoms with Crippen molar-refractivity contribution >= 4 is 23.5 Å². The fourth-order valence-corrected chi connectivity index (χ4v) is 4.30. The third-order valence-electron chi connectivity index (χ3n) is 5.02. The Hall–Kier alpha value is -2.28. The minimum absolute atomic E-state index is 0.163. The topological polar surface area (TPSA) is 69.0 Å². The molecule has 2 aliphatic rings. The Bertz CT molecular complexity index is 901. The van der Waals surface area contributed by atoms with Gasteiger partial charge < -0.3 is 10.1 Å². The summed E-state index contributed by atoms with van der Waals surface area (Å²) >= 11 is 1.50. The van der Waals surface area contributed by atoms with Gasteiger partial charge >= 0.3 is 0 Å². The molecule has 0 saturated heterocycles. The quantitative estimate of drug-likeness (QED) is 0.806. The standard InChI is InChI=1S/C20H24N4O2S/c1-5-26-13-8-6-12(7-9-13)17-16-14(10-20(2,3)11-15(16)25)21-18-22-19(27-4)23-24(17)18/h6-10,16-17H,5,11H2,1-4H3,(H,21,22,23)/t16-,17-/m0/s1. The van der Waals surface area contributed by atoms with E-state index in [1.807, 2.05) is 42.1 Å². The zero-order valence-corrected chi connectivity index (χ0v) is 16.8. The average molecular weight is 385 g/mol. The van der Waals surface area contributed by atoms with Gasteiger partial charge in [-0.3, -0.25) is 4.79 Å². The lowest BCUT2D eigenvalue weighted by Crippen LogP contribution is -2.42. The van der Waals surface area contributed by atoms with Crippen molar-refractivity contribution in [2.24, 2.45) is 11.3 Å². The highest BCUT2D eigenvalue weighted by atomic mass is 32.2. The summed E-state index contributed by atoms with van der Waals surface area (Å²) in [5.74, 6) is 1.47. The number of hydrogen-bond donors (Lipinski definition) is 1. The maximum atomic E-state index is 13.1. The number of thioether (sulfide) groups is 1. The first-order valence-electron chi connectivity index (χ1n) is 9.17. The molecule has 0 radical (unpaired) electrons. The summed E-state index contributed by atoms with van der Waals surface area (Å²) in [5, 5.41) is 8.70. The van der Waals surface area contributed by atoms with Gasteiger partial charge in [0, 0.05) is 12.1 Å². The van der Waals surface area contributed by atoms with Gasteiger partial charge in [0.25, 0.3) is 0 Å². The molecule has 0 amide bonds. The molecule has 6 nitrogen and oxygen atoms in total. The third kappa shape index (κ3) is 3.25. The zero-order valence-electron chi connectivity index (χ0n) is 16.0. The number of ketones is 1. The molecule has 27 heavy (non-hydrogen) atoms. The first-order chi connectivity index (χ1) is 12.9. The van der Waals surface area contributed by atoms with Crippen LogP contribution in [-0.2, 0) is 4.79 Å². The molecule has 0 unspecified atom stereocenters. The van der Waals surface area contributed by atoms with Crippen molar-refractivity contribution in [2.75, 3.05) is 18.2 Å². The summed E-state index contributed by atoms with van der Waals surface area (Å²) in [4.78, 5) is 17.7. The number of aromatic nitrogens is 3. The van der Waals surface area contributed by atoms with E-state index in [0.717, 1.165) is 17.0 Å². The molecule has 2 atom stereocenters. The normalized spacial score (nSPS) is 23.1. The van der Waals surface area contributed by atoms with Crippen LogP contribution < -0.4 is 10.1 Å². The Labute approximate surface area is 163 Å². The van der Waals surface area contributed by atoms with Gasteiger partial charge in [0.15, 0.2) is 0 Å². The Balaban J connectivity index is 1.84. The van der Waals surface area contributed by atoms with Gasteiger partial charge in [-0.15, -0.1) is 5.10 Å². The molecular formula is C20H24N4O2S. The summed E-state index contributed by atoms with van der Waals surface area (Å²) < 4.78 is 7.43. The van der Waals surface area contributed by atoms with Crippen LogP contribution in [0.25, 0.3) is 0 Å². The number of benzene rings is 1. The number of fused-ring (bicyclic) bond motifs is 2. The van der Waals surface area contributed by atoms with Crippen LogP contribution in [0, 0.1) is 11.3 Å². The monoisotopic (exact) mass is 384 g/mol. The van der Waals surface area contributed by atoms with Crippen LogP contribution in [0.3, 0.4) is 0 Å². The summed E-state index contributed by atoms with van der Waals surface area (Å²) in [5.41, 5.74) is 1.80. The minimum atomic E-state index is -0.278. The van der Waals surface area contributed by atoms with Crippen LogP contribution in [-0.4, -0.2) is 33.4 Å². The van der Waals surface area contributed by atoms with Crippen molar-refractivity contribution in [2.45, 2.75) is 38.4 Å². The highest BCUT2D eigenvalue weighted by molar-refractivity contribution is 7.98. The second-order valence-corrected chi connectivity index (χ2v) is 8.42. The van der Waals surface area contributed by atoms with Crippen LogP contribution >= 0.6 is 11.8 Å². The van der Waals surface area contributed by atoms with Crippen LogP contribution in [0.5, 0.6) is 5.75 Å². The fraction of sp³-hybridized carbons (Fsp3) is 0.450. The number of carbonyl (C=O) groups excluding carboxylic acids is 1. The van der Waals surface area contributed by atoms with Gasteiger partial charge in [0.1, 0.15) is 11.5 Å². The zero-order chi connectivity index (χ0) is 19.2. The van der Waals surface area contributed by atoms with E-state index in [1.54, 1.807) is 0 Å². The van der Waals surface area contributed by atoms with Crippen LogP contribution in [0.15, 0.2) is 41.2 Å². The molecule has 2 heterocycles.